The number of nitrogens with zero attached hydrogens (tertiary/aromatic N) is 3. The lowest BCUT2D eigenvalue weighted by atomic mass is 9.95. The van der Waals surface area contributed by atoms with Crippen LogP contribution in [0.3, 0.4) is 0 Å². The molecule has 1 atom stereocenters. The molecule has 4 aromatic rings. The highest BCUT2D eigenvalue weighted by Crippen LogP contribution is 2.44. The van der Waals surface area contributed by atoms with Gasteiger partial charge in [-0.05, 0) is 41.8 Å². The minimum atomic E-state index is -1.02. The first-order chi connectivity index (χ1) is 19.4. The summed E-state index contributed by atoms with van der Waals surface area (Å²) in [6, 6.07) is 20.9. The van der Waals surface area contributed by atoms with Gasteiger partial charge in [0.1, 0.15) is 0 Å². The maximum absolute atomic E-state index is 13.4. The number of methoxy groups -OCH3 is 1. The Balaban J connectivity index is 1.49. The molecule has 40 heavy (non-hydrogen) atoms. The van der Waals surface area contributed by atoms with Crippen LogP contribution in [0.25, 0.3) is 6.08 Å². The van der Waals surface area contributed by atoms with Gasteiger partial charge in [0, 0.05) is 5.75 Å². The highest BCUT2D eigenvalue weighted by atomic mass is 32.2. The van der Waals surface area contributed by atoms with Gasteiger partial charge in [0.05, 0.1) is 18.7 Å². The summed E-state index contributed by atoms with van der Waals surface area (Å²) in [5, 5.41) is 29.8. The van der Waals surface area contributed by atoms with Gasteiger partial charge in [-0.2, -0.15) is 0 Å². The first kappa shape index (κ1) is 27.2. The zero-order valence-corrected chi connectivity index (χ0v) is 23.3. The van der Waals surface area contributed by atoms with Gasteiger partial charge >= 0.3 is 0 Å². The first-order valence-corrected chi connectivity index (χ1v) is 14.1. The molecule has 8 nitrogen and oxygen atoms in total. The van der Waals surface area contributed by atoms with E-state index in [1.54, 1.807) is 12.1 Å². The number of anilines is 1. The van der Waals surface area contributed by atoms with E-state index in [0.717, 1.165) is 11.1 Å². The van der Waals surface area contributed by atoms with Crippen molar-refractivity contribution in [3.63, 3.8) is 0 Å². The van der Waals surface area contributed by atoms with Crippen molar-refractivity contribution < 1.29 is 24.5 Å². The number of ketones is 1. The summed E-state index contributed by atoms with van der Waals surface area (Å²) in [5.74, 6) is -1.23. The number of aromatic hydroxyl groups is 1. The molecule has 1 aliphatic rings. The number of allylic oxidation sites excluding steroid dienone is 1. The number of phenols is 1. The lowest BCUT2D eigenvalue weighted by Gasteiger charge is -2.24. The Hall–Kier alpha value is -4.41. The second-order valence-corrected chi connectivity index (χ2v) is 11.2. The molecule has 0 fully saturated rings. The van der Waals surface area contributed by atoms with Crippen molar-refractivity contribution in [3.05, 3.63) is 112 Å². The number of carbonyl (C=O) groups is 2. The van der Waals surface area contributed by atoms with E-state index in [1.807, 2.05) is 61.5 Å². The highest BCUT2D eigenvalue weighted by Gasteiger charge is 2.45. The number of aromatic nitrogens is 2. The minimum Gasteiger partial charge on any atom is -0.504 e. The Labute approximate surface area is 239 Å². The molecular formula is C30H25N3O5S2. The molecule has 10 heteroatoms. The summed E-state index contributed by atoms with van der Waals surface area (Å²) < 4.78 is 5.90. The predicted molar refractivity (Wildman–Crippen MR) is 156 cm³/mol. The Morgan fingerprint density at radius 3 is 2.55 bits per heavy atom. The van der Waals surface area contributed by atoms with Gasteiger partial charge < -0.3 is 14.9 Å². The standard InChI is InChI=1S/C30H25N3O5S2/c1-18-8-10-20(11-9-18)17-39-30-32-31-29(40-30)33-26(21-13-15-22(34)24(16-21)38-2)25(27(36)28(33)37)23(35)14-12-19-6-4-3-5-7-19/h3-16,26,34,36H,17H2,1-2H3/b14-12+. The summed E-state index contributed by atoms with van der Waals surface area (Å²) >= 11 is 2.67. The van der Waals surface area contributed by atoms with Gasteiger partial charge in [-0.15, -0.1) is 10.2 Å². The molecule has 202 valence electrons. The zero-order chi connectivity index (χ0) is 28.2. The third-order valence-electron chi connectivity index (χ3n) is 6.30. The molecule has 0 radical (unpaired) electrons. The van der Waals surface area contributed by atoms with Gasteiger partial charge in [-0.1, -0.05) is 95.4 Å². The van der Waals surface area contributed by atoms with E-state index in [2.05, 4.69) is 10.2 Å². The van der Waals surface area contributed by atoms with E-state index >= 15 is 0 Å². The largest absolute Gasteiger partial charge is 0.504 e. The summed E-state index contributed by atoms with van der Waals surface area (Å²) in [4.78, 5) is 28.1. The fourth-order valence-electron chi connectivity index (χ4n) is 4.25. The SMILES string of the molecule is COc1cc(C2C(C(=O)/C=C/c3ccccc3)=C(O)C(=O)N2c2nnc(SCc3ccc(C)cc3)s2)ccc1O. The molecule has 3 aromatic carbocycles. The number of aliphatic hydroxyl groups excluding tert-OH is 1. The molecule has 0 saturated heterocycles. The molecule has 2 N–H and O–H groups in total. The Morgan fingerprint density at radius 1 is 1.07 bits per heavy atom. The quantitative estimate of drug-likeness (QED) is 0.142. The lowest BCUT2D eigenvalue weighted by Crippen LogP contribution is -2.30. The second-order valence-electron chi connectivity index (χ2n) is 9.00. The predicted octanol–water partition coefficient (Wildman–Crippen LogP) is 6.04. The molecule has 1 amide bonds. The number of rotatable bonds is 9. The number of thioether (sulfide) groups is 1. The van der Waals surface area contributed by atoms with Crippen molar-refractivity contribution in [1.29, 1.82) is 0 Å². The topological polar surface area (TPSA) is 113 Å². The van der Waals surface area contributed by atoms with Crippen LogP contribution < -0.4 is 9.64 Å². The number of phenolic OH excluding ortho intramolecular Hbond substituents is 1. The number of carbonyl (C=O) groups excluding carboxylic acids is 2. The number of aliphatic hydroxyl groups is 1. The Kier molecular flexibility index (Phi) is 7.99. The molecule has 1 aromatic heterocycles. The average Bonchev–Trinajstić information content (AvgIpc) is 3.54. The Bertz CT molecular complexity index is 1610. The average molecular weight is 572 g/mol. The van der Waals surface area contributed by atoms with Gasteiger partial charge in [-0.25, -0.2) is 0 Å². The molecule has 5 rings (SSSR count). The van der Waals surface area contributed by atoms with E-state index in [1.165, 1.54) is 58.9 Å². The van der Waals surface area contributed by atoms with Crippen molar-refractivity contribution in [2.24, 2.45) is 0 Å². The van der Waals surface area contributed by atoms with Crippen molar-refractivity contribution in [1.82, 2.24) is 10.2 Å². The van der Waals surface area contributed by atoms with Gasteiger partial charge in [0.25, 0.3) is 5.91 Å². The van der Waals surface area contributed by atoms with Crippen LogP contribution in [0.2, 0.25) is 0 Å². The van der Waals surface area contributed by atoms with Crippen LogP contribution in [-0.2, 0) is 15.3 Å². The van der Waals surface area contributed by atoms with E-state index < -0.39 is 23.5 Å². The van der Waals surface area contributed by atoms with Crippen molar-refractivity contribution in [2.75, 3.05) is 12.0 Å². The molecular weight excluding hydrogens is 546 g/mol. The monoisotopic (exact) mass is 571 g/mol. The molecule has 0 saturated carbocycles. The Morgan fingerprint density at radius 2 is 1.82 bits per heavy atom. The number of hydrogen-bond donors (Lipinski definition) is 2. The number of hydrogen-bond acceptors (Lipinski definition) is 9. The summed E-state index contributed by atoms with van der Waals surface area (Å²) in [6.07, 6.45) is 2.94. The van der Waals surface area contributed by atoms with Crippen molar-refractivity contribution >= 4 is 46.0 Å². The molecule has 1 unspecified atom stereocenters. The summed E-state index contributed by atoms with van der Waals surface area (Å²) in [6.45, 7) is 2.03. The van der Waals surface area contributed by atoms with Crippen LogP contribution in [0.1, 0.15) is 28.3 Å². The number of ether oxygens (including phenoxy) is 1. The van der Waals surface area contributed by atoms with Crippen LogP contribution in [0.5, 0.6) is 11.5 Å². The van der Waals surface area contributed by atoms with E-state index in [-0.39, 0.29) is 22.2 Å². The third kappa shape index (κ3) is 5.63. The highest BCUT2D eigenvalue weighted by molar-refractivity contribution is 8.00. The number of aryl methyl sites for hydroxylation is 1. The summed E-state index contributed by atoms with van der Waals surface area (Å²) in [5.41, 5.74) is 3.43. The fourth-order valence-corrected chi connectivity index (χ4v) is 6.07. The van der Waals surface area contributed by atoms with Crippen LogP contribution >= 0.6 is 23.1 Å². The lowest BCUT2D eigenvalue weighted by molar-refractivity contribution is -0.117. The van der Waals surface area contributed by atoms with E-state index in [4.69, 9.17) is 4.74 Å². The van der Waals surface area contributed by atoms with Crippen LogP contribution in [0.4, 0.5) is 5.13 Å². The molecule has 1 aliphatic heterocycles. The first-order valence-electron chi connectivity index (χ1n) is 12.3. The van der Waals surface area contributed by atoms with E-state index in [9.17, 15) is 19.8 Å². The third-order valence-corrected chi connectivity index (χ3v) is 8.43. The van der Waals surface area contributed by atoms with E-state index in [0.29, 0.717) is 15.7 Å². The number of amides is 1. The van der Waals surface area contributed by atoms with Gasteiger partial charge in [-0.3, -0.25) is 14.5 Å². The maximum Gasteiger partial charge on any atom is 0.296 e. The minimum absolute atomic E-state index is 0.0992. The maximum atomic E-state index is 13.4. The second kappa shape index (κ2) is 11.8. The van der Waals surface area contributed by atoms with Crippen molar-refractivity contribution in [2.45, 2.75) is 23.1 Å². The van der Waals surface area contributed by atoms with Crippen LogP contribution in [-0.4, -0.2) is 39.2 Å². The zero-order valence-electron chi connectivity index (χ0n) is 21.6. The molecule has 2 heterocycles. The smallest absolute Gasteiger partial charge is 0.296 e. The fraction of sp³-hybridized carbons (Fsp3) is 0.133. The number of benzene rings is 3. The molecule has 0 aliphatic carbocycles. The molecule has 0 bridgehead atoms. The summed E-state index contributed by atoms with van der Waals surface area (Å²) in [7, 11) is 1.40. The van der Waals surface area contributed by atoms with Gasteiger partial charge in [0.15, 0.2) is 27.4 Å². The normalized spacial score (nSPS) is 15.3. The van der Waals surface area contributed by atoms with Gasteiger partial charge in [0.2, 0.25) is 5.13 Å². The van der Waals surface area contributed by atoms with Crippen molar-refractivity contribution in [3.8, 4) is 11.5 Å². The van der Waals surface area contributed by atoms with Crippen LogP contribution in [0.15, 0.2) is 94.5 Å². The van der Waals surface area contributed by atoms with Crippen LogP contribution in [0, 0.1) is 6.92 Å². The molecule has 0 spiro atoms.